The van der Waals surface area contributed by atoms with Crippen LogP contribution < -0.4 is 0 Å². The maximum Gasteiger partial charge on any atom is 0.435 e. The number of nitrogens with zero attached hydrogens (tertiary/aromatic N) is 2. The fourth-order valence-corrected chi connectivity index (χ4v) is 7.90. The minimum absolute atomic E-state index is 0.0134. The van der Waals surface area contributed by atoms with Crippen LogP contribution in [0.1, 0.15) is 29.5 Å². The van der Waals surface area contributed by atoms with Gasteiger partial charge in [-0.15, -0.1) is 0 Å². The van der Waals surface area contributed by atoms with E-state index in [1.54, 1.807) is 12.1 Å². The molecule has 0 spiro atoms. The molecule has 4 rings (SSSR count). The first-order valence-electron chi connectivity index (χ1n) is 10.2. The first kappa shape index (κ1) is 26.0. The average Bonchev–Trinajstić information content (AvgIpc) is 3.17. The van der Waals surface area contributed by atoms with E-state index in [0.29, 0.717) is 12.1 Å². The molecular weight excluding hydrogens is 616 g/mol. The van der Waals surface area contributed by atoms with Gasteiger partial charge >= 0.3 is 18.0 Å². The zero-order chi connectivity index (χ0) is 26.0. The largest absolute Gasteiger partial charge is 0.435 e. The van der Waals surface area contributed by atoms with Gasteiger partial charge < -0.3 is 4.90 Å². The number of halogens is 8. The third-order valence-corrected chi connectivity index (χ3v) is 10.1. The molecule has 2 atom stereocenters. The van der Waals surface area contributed by atoms with Gasteiger partial charge in [-0.05, 0) is 77.2 Å². The Labute approximate surface area is 209 Å². The van der Waals surface area contributed by atoms with Crippen molar-refractivity contribution in [2.24, 2.45) is 0 Å². The molecule has 1 aliphatic carbocycles. The lowest BCUT2D eigenvalue weighted by molar-refractivity contribution is -0.348. The number of nitriles is 1. The van der Waals surface area contributed by atoms with Gasteiger partial charge in [0.15, 0.2) is 16.0 Å². The Morgan fingerprint density at radius 3 is 2.14 bits per heavy atom. The van der Waals surface area contributed by atoms with Crippen molar-refractivity contribution in [1.82, 2.24) is 4.90 Å². The Morgan fingerprint density at radius 2 is 1.60 bits per heavy atom. The molecule has 4 nitrogen and oxygen atoms in total. The van der Waals surface area contributed by atoms with Gasteiger partial charge in [0.2, 0.25) is 0 Å². The first-order valence-corrected chi connectivity index (χ1v) is 12.8. The molecule has 0 bridgehead atoms. The van der Waals surface area contributed by atoms with Crippen molar-refractivity contribution in [3.63, 3.8) is 0 Å². The first-order chi connectivity index (χ1) is 16.1. The average molecular weight is 632 g/mol. The zero-order valence-electron chi connectivity index (χ0n) is 17.6. The van der Waals surface area contributed by atoms with Crippen LogP contribution >= 0.6 is 22.6 Å². The van der Waals surface area contributed by atoms with E-state index >= 15 is 0 Å². The quantitative estimate of drug-likeness (QED) is 0.246. The molecule has 0 N–H and O–H groups in total. The Balaban J connectivity index is 1.96. The van der Waals surface area contributed by atoms with E-state index in [1.807, 2.05) is 28.8 Å². The molecule has 188 valence electrons. The SMILES string of the molecule is N#CN1CC[C@@]2(S(=O)(=O)c3ccc(I)cc3)c3ccc(C(F)(C(F)(F)F)C(F)(F)F)cc3CC[C@@H]12. The number of aryl methyl sites for hydroxylation is 1. The fourth-order valence-electron chi connectivity index (χ4n) is 5.17. The van der Waals surface area contributed by atoms with Crippen LogP contribution in [0.2, 0.25) is 0 Å². The van der Waals surface area contributed by atoms with Crippen LogP contribution in [0.3, 0.4) is 0 Å². The Hall–Kier alpha value is -2.08. The van der Waals surface area contributed by atoms with Crippen molar-refractivity contribution in [2.45, 2.75) is 53.0 Å². The molecule has 0 unspecified atom stereocenters. The van der Waals surface area contributed by atoms with E-state index in [1.165, 1.54) is 17.0 Å². The second-order valence-corrected chi connectivity index (χ2v) is 11.9. The number of benzene rings is 2. The smallest absolute Gasteiger partial charge is 0.306 e. The van der Waals surface area contributed by atoms with Gasteiger partial charge in [-0.3, -0.25) is 0 Å². The monoisotopic (exact) mass is 632 g/mol. The molecule has 0 amide bonds. The third-order valence-electron chi connectivity index (χ3n) is 6.80. The highest BCUT2D eigenvalue weighted by Crippen LogP contribution is 2.56. The predicted octanol–water partition coefficient (Wildman–Crippen LogP) is 5.75. The maximum absolute atomic E-state index is 14.7. The van der Waals surface area contributed by atoms with E-state index in [-0.39, 0.29) is 41.8 Å². The molecule has 1 fully saturated rings. The van der Waals surface area contributed by atoms with Crippen molar-refractivity contribution < 1.29 is 39.2 Å². The van der Waals surface area contributed by atoms with Crippen molar-refractivity contribution in [3.05, 3.63) is 62.7 Å². The molecule has 1 aliphatic heterocycles. The summed E-state index contributed by atoms with van der Waals surface area (Å²) in [4.78, 5) is 1.18. The lowest BCUT2D eigenvalue weighted by Gasteiger charge is -2.42. The summed E-state index contributed by atoms with van der Waals surface area (Å²) in [6, 6.07) is 6.60. The van der Waals surface area contributed by atoms with Gasteiger partial charge in [-0.25, -0.2) is 12.8 Å². The second kappa shape index (κ2) is 8.22. The molecule has 0 aromatic heterocycles. The molecule has 1 heterocycles. The Morgan fingerprint density at radius 1 is 1.00 bits per heavy atom. The number of likely N-dealkylation sites (tertiary alicyclic amines) is 1. The molecule has 13 heteroatoms. The highest BCUT2D eigenvalue weighted by Gasteiger charge is 2.73. The second-order valence-electron chi connectivity index (χ2n) is 8.47. The third kappa shape index (κ3) is 3.61. The summed E-state index contributed by atoms with van der Waals surface area (Å²) in [5.74, 6) is 0. The van der Waals surface area contributed by atoms with Gasteiger partial charge in [-0.1, -0.05) is 18.2 Å². The highest BCUT2D eigenvalue weighted by molar-refractivity contribution is 14.1. The number of rotatable bonds is 3. The number of sulfone groups is 1. The molecular formula is C22H16F7IN2O2S. The molecule has 0 saturated carbocycles. The van der Waals surface area contributed by atoms with Gasteiger partial charge in [0, 0.05) is 15.7 Å². The van der Waals surface area contributed by atoms with Crippen LogP contribution in [0.5, 0.6) is 0 Å². The summed E-state index contributed by atoms with van der Waals surface area (Å²) < 4.78 is 121. The van der Waals surface area contributed by atoms with Crippen LogP contribution in [-0.4, -0.2) is 38.3 Å². The van der Waals surface area contributed by atoms with Gasteiger partial charge in [0.25, 0.3) is 0 Å². The van der Waals surface area contributed by atoms with Gasteiger partial charge in [0.1, 0.15) is 4.75 Å². The fraction of sp³-hybridized carbons (Fsp3) is 0.409. The summed E-state index contributed by atoms with van der Waals surface area (Å²) >= 11 is 1.98. The molecule has 35 heavy (non-hydrogen) atoms. The van der Waals surface area contributed by atoms with Crippen LogP contribution in [0.25, 0.3) is 0 Å². The molecule has 2 aromatic rings. The van der Waals surface area contributed by atoms with Gasteiger partial charge in [0.05, 0.1) is 10.9 Å². The topological polar surface area (TPSA) is 61.2 Å². The van der Waals surface area contributed by atoms with E-state index in [0.717, 1.165) is 9.64 Å². The van der Waals surface area contributed by atoms with Crippen LogP contribution in [0.15, 0.2) is 47.4 Å². The lowest BCUT2D eigenvalue weighted by atomic mass is 9.77. The summed E-state index contributed by atoms with van der Waals surface area (Å²) in [6.07, 6.45) is -10.9. The van der Waals surface area contributed by atoms with Gasteiger partial charge in [-0.2, -0.15) is 31.6 Å². The summed E-state index contributed by atoms with van der Waals surface area (Å²) in [5, 5.41) is 9.55. The Bertz CT molecular complexity index is 1290. The molecule has 2 aromatic carbocycles. The van der Waals surface area contributed by atoms with E-state index in [9.17, 15) is 44.4 Å². The van der Waals surface area contributed by atoms with Crippen LogP contribution in [0.4, 0.5) is 30.7 Å². The minimum Gasteiger partial charge on any atom is -0.306 e. The van der Waals surface area contributed by atoms with E-state index in [4.69, 9.17) is 0 Å². The van der Waals surface area contributed by atoms with Crippen LogP contribution in [-0.2, 0) is 26.7 Å². The number of hydrogen-bond donors (Lipinski definition) is 0. The zero-order valence-corrected chi connectivity index (χ0v) is 20.6. The number of alkyl halides is 7. The highest BCUT2D eigenvalue weighted by atomic mass is 127. The summed E-state index contributed by atoms with van der Waals surface area (Å²) in [6.45, 7) is 0.0319. The molecule has 0 radical (unpaired) electrons. The maximum atomic E-state index is 14.7. The van der Waals surface area contributed by atoms with Crippen molar-refractivity contribution >= 4 is 32.4 Å². The van der Waals surface area contributed by atoms with Crippen LogP contribution in [0, 0.1) is 15.0 Å². The summed E-state index contributed by atoms with van der Waals surface area (Å²) in [7, 11) is -4.27. The standard InChI is InChI=1S/C22H16F7IN2O2S/c23-20(21(24,25)26,22(27,28)29)14-2-7-17-13(11-14)1-8-18-19(17,9-10-32(18)12-31)35(33,34)16-5-3-15(30)4-6-16/h2-7,11,18H,1,8-10H2/t18-,19-/m1/s1. The van der Waals surface area contributed by atoms with E-state index < -0.39 is 44.2 Å². The van der Waals surface area contributed by atoms with E-state index in [2.05, 4.69) is 0 Å². The van der Waals surface area contributed by atoms with Crippen molar-refractivity contribution in [1.29, 1.82) is 5.26 Å². The van der Waals surface area contributed by atoms with Crippen molar-refractivity contribution in [3.8, 4) is 6.19 Å². The number of hydrogen-bond acceptors (Lipinski definition) is 4. The Kier molecular flexibility index (Phi) is 6.11. The normalized spacial score (nSPS) is 22.9. The summed E-state index contributed by atoms with van der Waals surface area (Å²) in [5.41, 5.74) is -7.42. The molecule has 1 saturated heterocycles. The molecule has 2 aliphatic rings. The lowest BCUT2D eigenvalue weighted by Crippen LogP contribution is -2.51. The minimum atomic E-state index is -6.29. The predicted molar refractivity (Wildman–Crippen MR) is 118 cm³/mol. The number of fused-ring (bicyclic) bond motifs is 3. The van der Waals surface area contributed by atoms with Crippen molar-refractivity contribution in [2.75, 3.05) is 6.54 Å².